The number of hydrogen-bond donors (Lipinski definition) is 1. The van der Waals surface area contributed by atoms with Gasteiger partial charge >= 0.3 is 12.4 Å². The van der Waals surface area contributed by atoms with Gasteiger partial charge in [-0.2, -0.15) is 26.3 Å². The zero-order valence-electron chi connectivity index (χ0n) is 17.4. The third kappa shape index (κ3) is 5.67. The summed E-state index contributed by atoms with van der Waals surface area (Å²) in [5.41, 5.74) is -1.59. The average molecular weight is 469 g/mol. The topological polar surface area (TPSA) is 59.0 Å². The van der Waals surface area contributed by atoms with E-state index in [1.807, 2.05) is 0 Å². The predicted octanol–water partition coefficient (Wildman–Crippen LogP) is 4.62. The summed E-state index contributed by atoms with van der Waals surface area (Å²) in [6.07, 6.45) is -9.48. The molecule has 1 aromatic carbocycles. The Balaban J connectivity index is 1.58. The molecule has 5 nitrogen and oxygen atoms in total. The molecule has 1 saturated carbocycles. The first-order valence-electron chi connectivity index (χ1n) is 10.3. The van der Waals surface area contributed by atoms with Gasteiger partial charge in [-0.3, -0.25) is 4.79 Å². The van der Waals surface area contributed by atoms with Gasteiger partial charge in [-0.25, -0.2) is 0 Å². The number of carbonyl (C=O) groups excluding carboxylic acids is 1. The smallest absolute Gasteiger partial charge is 0.425 e. The van der Waals surface area contributed by atoms with Gasteiger partial charge in [-0.15, -0.1) is 0 Å². The number of alkyl halides is 6. The highest BCUT2D eigenvalue weighted by Crippen LogP contribution is 2.48. The molecule has 3 rings (SSSR count). The molecule has 0 aromatic heterocycles. The van der Waals surface area contributed by atoms with E-state index in [4.69, 9.17) is 4.74 Å². The van der Waals surface area contributed by atoms with Crippen LogP contribution >= 0.6 is 0 Å². The second-order valence-corrected chi connectivity index (χ2v) is 8.62. The number of benzene rings is 1. The molecule has 1 amide bonds. The van der Waals surface area contributed by atoms with Gasteiger partial charge in [-0.1, -0.05) is 0 Å². The van der Waals surface area contributed by atoms with Gasteiger partial charge in [0.15, 0.2) is 6.10 Å². The third-order valence-corrected chi connectivity index (χ3v) is 6.21. The van der Waals surface area contributed by atoms with Gasteiger partial charge in [0.2, 0.25) is 5.91 Å². The number of amides is 1. The summed E-state index contributed by atoms with van der Waals surface area (Å²) in [5.74, 6) is -0.130. The minimum Gasteiger partial charge on any atom is -0.481 e. The van der Waals surface area contributed by atoms with Gasteiger partial charge in [-0.05, 0) is 63.3 Å². The summed E-state index contributed by atoms with van der Waals surface area (Å²) in [6, 6.07) is 5.76. The molecule has 1 heterocycles. The van der Waals surface area contributed by atoms with Crippen molar-refractivity contribution in [3.05, 3.63) is 24.3 Å². The van der Waals surface area contributed by atoms with Crippen LogP contribution in [0.2, 0.25) is 0 Å². The fourth-order valence-corrected chi connectivity index (χ4v) is 4.20. The summed E-state index contributed by atoms with van der Waals surface area (Å²) in [7, 11) is 0. The number of aliphatic hydroxyl groups is 1. The van der Waals surface area contributed by atoms with E-state index in [0.29, 0.717) is 31.5 Å². The van der Waals surface area contributed by atoms with Crippen molar-refractivity contribution in [3.63, 3.8) is 0 Å². The lowest BCUT2D eigenvalue weighted by Gasteiger charge is -2.40. The molecule has 11 heteroatoms. The van der Waals surface area contributed by atoms with Crippen LogP contribution in [0.15, 0.2) is 24.3 Å². The highest BCUT2D eigenvalue weighted by Gasteiger charge is 2.51. The Bertz CT molecular complexity index is 800. The Morgan fingerprint density at radius 1 is 1.03 bits per heavy atom. The molecule has 1 aliphatic carbocycles. The van der Waals surface area contributed by atoms with E-state index < -0.39 is 42.7 Å². The van der Waals surface area contributed by atoms with Crippen LogP contribution in [0.3, 0.4) is 0 Å². The first kappa shape index (κ1) is 24.6. The fraction of sp³-hybridized carbons (Fsp3) is 0.667. The van der Waals surface area contributed by atoms with E-state index in [1.165, 1.54) is 24.3 Å². The highest BCUT2D eigenvalue weighted by molar-refractivity contribution is 6.00. The van der Waals surface area contributed by atoms with Crippen LogP contribution in [-0.2, 0) is 9.53 Å². The van der Waals surface area contributed by atoms with Crippen LogP contribution in [0, 0.1) is 5.41 Å². The molecule has 1 aliphatic heterocycles. The Kier molecular flexibility index (Phi) is 6.72. The van der Waals surface area contributed by atoms with Gasteiger partial charge < -0.3 is 19.5 Å². The second-order valence-electron chi connectivity index (χ2n) is 8.62. The Morgan fingerprint density at radius 2 is 1.62 bits per heavy atom. The first-order chi connectivity index (χ1) is 14.7. The van der Waals surface area contributed by atoms with Crippen molar-refractivity contribution in [3.8, 4) is 5.75 Å². The minimum atomic E-state index is -4.49. The molecule has 0 unspecified atom stereocenters. The van der Waals surface area contributed by atoms with Crippen LogP contribution in [0.1, 0.15) is 39.0 Å². The maximum absolute atomic E-state index is 13.1. The lowest BCUT2D eigenvalue weighted by Crippen LogP contribution is -2.46. The zero-order valence-corrected chi connectivity index (χ0v) is 17.4. The van der Waals surface area contributed by atoms with Crippen molar-refractivity contribution in [2.45, 2.75) is 63.1 Å². The standard InChI is InChI=1S/C21H25F6NO4/c1-14(21(25,26)27)32-16-4-2-15(3-5-16)28-11-10-18(17(28)29)6-8-19(30,9-7-18)12-31-13-20(22,23)24/h2-5,14,30H,6-13H2,1H3/t14-,18?,19?/m1/s1. The summed E-state index contributed by atoms with van der Waals surface area (Å²) >= 11 is 0. The van der Waals surface area contributed by atoms with E-state index in [1.54, 1.807) is 4.90 Å². The van der Waals surface area contributed by atoms with Crippen molar-refractivity contribution in [2.75, 3.05) is 24.7 Å². The quantitative estimate of drug-likeness (QED) is 0.618. The van der Waals surface area contributed by atoms with E-state index in [0.717, 1.165) is 6.92 Å². The lowest BCUT2D eigenvalue weighted by molar-refractivity contribution is -0.191. The molecule has 1 N–H and O–H groups in total. The SMILES string of the molecule is C[C@@H](Oc1ccc(N2CCC3(CCC(O)(COCC(F)(F)F)CC3)C2=O)cc1)C(F)(F)F. The lowest BCUT2D eigenvalue weighted by atomic mass is 9.68. The predicted molar refractivity (Wildman–Crippen MR) is 102 cm³/mol. The highest BCUT2D eigenvalue weighted by atomic mass is 19.4. The minimum absolute atomic E-state index is 0.0292. The number of rotatable bonds is 6. The number of ether oxygens (including phenoxy) is 2. The molecule has 0 radical (unpaired) electrons. The van der Waals surface area contributed by atoms with Crippen molar-refractivity contribution < 1.29 is 45.7 Å². The van der Waals surface area contributed by atoms with Crippen LogP contribution < -0.4 is 9.64 Å². The van der Waals surface area contributed by atoms with Gasteiger partial charge in [0.25, 0.3) is 0 Å². The van der Waals surface area contributed by atoms with Gasteiger partial charge in [0.1, 0.15) is 12.4 Å². The maximum Gasteiger partial charge on any atom is 0.425 e. The van der Waals surface area contributed by atoms with Crippen LogP contribution in [0.5, 0.6) is 5.75 Å². The van der Waals surface area contributed by atoms with E-state index >= 15 is 0 Å². The molecule has 0 bridgehead atoms. The monoisotopic (exact) mass is 469 g/mol. The molecular formula is C21H25F6NO4. The average Bonchev–Trinajstić information content (AvgIpc) is 3.00. The van der Waals surface area contributed by atoms with Crippen molar-refractivity contribution >= 4 is 11.6 Å². The first-order valence-corrected chi connectivity index (χ1v) is 10.3. The fourth-order valence-electron chi connectivity index (χ4n) is 4.20. The Labute approximate surface area is 181 Å². The van der Waals surface area contributed by atoms with Crippen molar-refractivity contribution in [1.82, 2.24) is 0 Å². The number of nitrogens with zero attached hydrogens (tertiary/aromatic N) is 1. The summed E-state index contributed by atoms with van der Waals surface area (Å²) < 4.78 is 84.2. The largest absolute Gasteiger partial charge is 0.481 e. The Morgan fingerprint density at radius 3 is 2.16 bits per heavy atom. The normalized spacial score (nSPS) is 27.8. The number of halogens is 6. The van der Waals surface area contributed by atoms with Gasteiger partial charge in [0, 0.05) is 12.2 Å². The second kappa shape index (κ2) is 8.74. The molecule has 32 heavy (non-hydrogen) atoms. The molecule has 1 spiro atoms. The van der Waals surface area contributed by atoms with Crippen LogP contribution in [0.25, 0.3) is 0 Å². The van der Waals surface area contributed by atoms with E-state index in [9.17, 15) is 36.2 Å². The number of hydrogen-bond acceptors (Lipinski definition) is 4. The molecule has 1 atom stereocenters. The number of anilines is 1. The van der Waals surface area contributed by atoms with Crippen LogP contribution in [-0.4, -0.2) is 54.8 Å². The van der Waals surface area contributed by atoms with Crippen molar-refractivity contribution in [1.29, 1.82) is 0 Å². The summed E-state index contributed by atoms with van der Waals surface area (Å²) in [6.45, 7) is -0.575. The maximum atomic E-state index is 13.1. The summed E-state index contributed by atoms with van der Waals surface area (Å²) in [5, 5.41) is 10.5. The van der Waals surface area contributed by atoms with Crippen molar-refractivity contribution in [2.24, 2.45) is 5.41 Å². The van der Waals surface area contributed by atoms with Crippen LogP contribution in [0.4, 0.5) is 32.0 Å². The molecule has 2 aliphatic rings. The molecular weight excluding hydrogens is 444 g/mol. The molecule has 1 aromatic rings. The van der Waals surface area contributed by atoms with E-state index in [2.05, 4.69) is 4.74 Å². The third-order valence-electron chi connectivity index (χ3n) is 6.21. The van der Waals surface area contributed by atoms with Gasteiger partial charge in [0.05, 0.1) is 17.6 Å². The Hall–Kier alpha value is -2.01. The molecule has 1 saturated heterocycles. The summed E-state index contributed by atoms with van der Waals surface area (Å²) in [4.78, 5) is 14.7. The van der Waals surface area contributed by atoms with E-state index in [-0.39, 0.29) is 24.5 Å². The zero-order chi connectivity index (χ0) is 23.8. The molecule has 2 fully saturated rings. The molecule has 180 valence electrons. The number of carbonyl (C=O) groups is 1.